The van der Waals surface area contributed by atoms with Gasteiger partial charge in [-0.1, -0.05) is 36.0 Å². The van der Waals surface area contributed by atoms with Gasteiger partial charge < -0.3 is 15.1 Å². The molecule has 5 rings (SSSR count). The third-order valence-electron chi connectivity index (χ3n) is 5.47. The molecule has 2 aromatic heterocycles. The molecule has 0 spiro atoms. The first-order valence-corrected chi connectivity index (χ1v) is 12.1. The summed E-state index contributed by atoms with van der Waals surface area (Å²) >= 11 is 1.23. The fourth-order valence-corrected chi connectivity index (χ4v) is 4.45. The summed E-state index contributed by atoms with van der Waals surface area (Å²) in [7, 11) is 0. The molecule has 1 saturated carbocycles. The standard InChI is InChI=1S/C25H22FN5O3S/c26-20-9-3-1-7-18(20)23-29-30-25(31(23)16-11-12-16)35-15-22(32)28-21-10-4-2-8-19(21)24(33)27-14-17-6-5-13-34-17/h1-10,13,16H,11-12,14-15H2,(H,27,33)(H,28,32). The second-order valence-electron chi connectivity index (χ2n) is 8.03. The maximum absolute atomic E-state index is 14.4. The zero-order chi connectivity index (χ0) is 24.2. The first-order valence-electron chi connectivity index (χ1n) is 11.1. The number of halogens is 1. The summed E-state index contributed by atoms with van der Waals surface area (Å²) < 4.78 is 21.5. The van der Waals surface area contributed by atoms with Gasteiger partial charge in [-0.2, -0.15) is 0 Å². The predicted octanol–water partition coefficient (Wildman–Crippen LogP) is 4.67. The number of benzene rings is 2. The minimum absolute atomic E-state index is 0.0600. The summed E-state index contributed by atoms with van der Waals surface area (Å²) in [6, 6.07) is 17.0. The number of hydrogen-bond donors (Lipinski definition) is 2. The lowest BCUT2D eigenvalue weighted by atomic mass is 10.1. The van der Waals surface area contributed by atoms with Gasteiger partial charge in [-0.3, -0.25) is 14.2 Å². The average Bonchev–Trinajstić information content (AvgIpc) is 3.39. The lowest BCUT2D eigenvalue weighted by molar-refractivity contribution is -0.113. The number of anilines is 1. The van der Waals surface area contributed by atoms with Gasteiger partial charge >= 0.3 is 0 Å². The van der Waals surface area contributed by atoms with Crippen molar-refractivity contribution in [2.75, 3.05) is 11.1 Å². The maximum Gasteiger partial charge on any atom is 0.253 e. The van der Waals surface area contributed by atoms with Crippen LogP contribution in [0.3, 0.4) is 0 Å². The number of furan rings is 1. The molecule has 0 unspecified atom stereocenters. The molecule has 1 fully saturated rings. The fourth-order valence-electron chi connectivity index (χ4n) is 3.65. The molecule has 2 N–H and O–H groups in total. The molecule has 2 heterocycles. The van der Waals surface area contributed by atoms with Gasteiger partial charge in [0.25, 0.3) is 5.91 Å². The normalized spacial score (nSPS) is 12.9. The summed E-state index contributed by atoms with van der Waals surface area (Å²) in [6.07, 6.45) is 3.45. The van der Waals surface area contributed by atoms with Crippen LogP contribution in [0.2, 0.25) is 0 Å². The van der Waals surface area contributed by atoms with Crippen LogP contribution < -0.4 is 10.6 Å². The van der Waals surface area contributed by atoms with Crippen molar-refractivity contribution >= 4 is 29.3 Å². The largest absolute Gasteiger partial charge is 0.467 e. The van der Waals surface area contributed by atoms with Crippen molar-refractivity contribution in [3.8, 4) is 11.4 Å². The summed E-state index contributed by atoms with van der Waals surface area (Å²) in [5.41, 5.74) is 1.14. The minimum atomic E-state index is -0.363. The molecule has 10 heteroatoms. The van der Waals surface area contributed by atoms with Gasteiger partial charge in [0.2, 0.25) is 5.91 Å². The number of nitrogens with one attached hydrogen (secondary N) is 2. The van der Waals surface area contributed by atoms with E-state index >= 15 is 0 Å². The Kier molecular flexibility index (Phi) is 6.62. The van der Waals surface area contributed by atoms with Crippen LogP contribution in [-0.2, 0) is 11.3 Å². The monoisotopic (exact) mass is 491 g/mol. The summed E-state index contributed by atoms with van der Waals surface area (Å²) in [5, 5.41) is 14.6. The molecular formula is C25H22FN5O3S. The Bertz CT molecular complexity index is 1350. The van der Waals surface area contributed by atoms with E-state index in [4.69, 9.17) is 4.42 Å². The van der Waals surface area contributed by atoms with Crippen molar-refractivity contribution in [3.05, 3.63) is 84.1 Å². The SMILES string of the molecule is O=C(CSc1nnc(-c2ccccc2F)n1C1CC1)Nc1ccccc1C(=O)NCc1ccco1. The van der Waals surface area contributed by atoms with E-state index in [1.165, 1.54) is 24.1 Å². The Morgan fingerprint density at radius 2 is 1.86 bits per heavy atom. The highest BCUT2D eigenvalue weighted by Gasteiger charge is 2.31. The molecule has 35 heavy (non-hydrogen) atoms. The van der Waals surface area contributed by atoms with Crippen molar-refractivity contribution in [2.45, 2.75) is 30.6 Å². The fraction of sp³-hybridized carbons (Fsp3) is 0.200. The number of amides is 2. The van der Waals surface area contributed by atoms with E-state index in [0.29, 0.717) is 33.6 Å². The molecule has 2 amide bonds. The molecule has 2 aromatic carbocycles. The minimum Gasteiger partial charge on any atom is -0.467 e. The highest BCUT2D eigenvalue weighted by atomic mass is 32.2. The van der Waals surface area contributed by atoms with Crippen LogP contribution in [0.4, 0.5) is 10.1 Å². The zero-order valence-corrected chi connectivity index (χ0v) is 19.4. The summed E-state index contributed by atoms with van der Waals surface area (Å²) in [5.74, 6) is 0.174. The summed E-state index contributed by atoms with van der Waals surface area (Å²) in [6.45, 7) is 0.241. The van der Waals surface area contributed by atoms with E-state index in [1.54, 1.807) is 54.6 Å². The summed E-state index contributed by atoms with van der Waals surface area (Å²) in [4.78, 5) is 25.4. The molecule has 0 atom stereocenters. The van der Waals surface area contributed by atoms with Crippen molar-refractivity contribution in [1.29, 1.82) is 0 Å². The van der Waals surface area contributed by atoms with Gasteiger partial charge in [-0.15, -0.1) is 10.2 Å². The molecule has 1 aliphatic rings. The highest BCUT2D eigenvalue weighted by molar-refractivity contribution is 7.99. The van der Waals surface area contributed by atoms with E-state index < -0.39 is 0 Å². The molecule has 4 aromatic rings. The molecule has 0 saturated heterocycles. The second-order valence-corrected chi connectivity index (χ2v) is 8.97. The van der Waals surface area contributed by atoms with Gasteiger partial charge in [-0.05, 0) is 49.2 Å². The number of aromatic nitrogens is 3. The van der Waals surface area contributed by atoms with E-state index in [9.17, 15) is 14.0 Å². The highest BCUT2D eigenvalue weighted by Crippen LogP contribution is 2.41. The van der Waals surface area contributed by atoms with Gasteiger partial charge in [0.05, 0.1) is 35.4 Å². The lowest BCUT2D eigenvalue weighted by Crippen LogP contribution is -2.25. The number of rotatable bonds is 9. The number of para-hydroxylation sites is 1. The number of carbonyl (C=O) groups is 2. The lowest BCUT2D eigenvalue weighted by Gasteiger charge is -2.12. The van der Waals surface area contributed by atoms with Crippen molar-refractivity contribution < 1.29 is 18.4 Å². The van der Waals surface area contributed by atoms with Gasteiger partial charge in [0, 0.05) is 6.04 Å². The van der Waals surface area contributed by atoms with E-state index in [0.717, 1.165) is 12.8 Å². The topological polar surface area (TPSA) is 102 Å². The van der Waals surface area contributed by atoms with Crippen molar-refractivity contribution in [2.24, 2.45) is 0 Å². The number of thioether (sulfide) groups is 1. The van der Waals surface area contributed by atoms with Gasteiger partial charge in [-0.25, -0.2) is 4.39 Å². The van der Waals surface area contributed by atoms with Crippen LogP contribution in [0.1, 0.15) is 35.0 Å². The van der Waals surface area contributed by atoms with Crippen LogP contribution in [0, 0.1) is 5.82 Å². The smallest absolute Gasteiger partial charge is 0.253 e. The van der Waals surface area contributed by atoms with Crippen molar-refractivity contribution in [3.63, 3.8) is 0 Å². The quantitative estimate of drug-likeness (QED) is 0.330. The van der Waals surface area contributed by atoms with Gasteiger partial charge in [0.1, 0.15) is 11.6 Å². The van der Waals surface area contributed by atoms with Crippen LogP contribution in [0.15, 0.2) is 76.5 Å². The molecule has 1 aliphatic carbocycles. The Morgan fingerprint density at radius 1 is 1.06 bits per heavy atom. The molecular weight excluding hydrogens is 469 g/mol. The number of carbonyl (C=O) groups excluding carboxylic acids is 2. The number of hydrogen-bond acceptors (Lipinski definition) is 6. The first-order chi connectivity index (χ1) is 17.1. The molecule has 8 nitrogen and oxygen atoms in total. The van der Waals surface area contributed by atoms with E-state index in [-0.39, 0.29) is 36.0 Å². The van der Waals surface area contributed by atoms with Crippen LogP contribution in [-0.4, -0.2) is 32.3 Å². The number of nitrogens with zero attached hydrogens (tertiary/aromatic N) is 3. The second kappa shape index (κ2) is 10.1. The average molecular weight is 492 g/mol. The third-order valence-corrected chi connectivity index (χ3v) is 6.42. The van der Waals surface area contributed by atoms with Crippen LogP contribution >= 0.6 is 11.8 Å². The molecule has 0 bridgehead atoms. The maximum atomic E-state index is 14.4. The van der Waals surface area contributed by atoms with Crippen molar-refractivity contribution in [1.82, 2.24) is 20.1 Å². The Balaban J connectivity index is 1.25. The Labute approximate surface area is 204 Å². The third kappa shape index (κ3) is 5.27. The van der Waals surface area contributed by atoms with Crippen LogP contribution in [0.5, 0.6) is 0 Å². The molecule has 178 valence electrons. The van der Waals surface area contributed by atoms with Crippen LogP contribution in [0.25, 0.3) is 11.4 Å². The predicted molar refractivity (Wildman–Crippen MR) is 129 cm³/mol. The molecule has 0 aliphatic heterocycles. The Hall–Kier alpha value is -3.92. The van der Waals surface area contributed by atoms with E-state index in [2.05, 4.69) is 20.8 Å². The van der Waals surface area contributed by atoms with E-state index in [1.807, 2.05) is 4.57 Å². The van der Waals surface area contributed by atoms with Gasteiger partial charge in [0.15, 0.2) is 11.0 Å². The Morgan fingerprint density at radius 3 is 2.63 bits per heavy atom. The zero-order valence-electron chi connectivity index (χ0n) is 18.6. The molecule has 0 radical (unpaired) electrons. The first kappa shape index (κ1) is 22.9.